The summed E-state index contributed by atoms with van der Waals surface area (Å²) in [4.78, 5) is 21.6. The number of rotatable bonds is 4. The van der Waals surface area contributed by atoms with E-state index in [0.29, 0.717) is 0 Å². The number of aliphatic hydroxyl groups excluding tert-OH is 1. The van der Waals surface area contributed by atoms with E-state index in [4.69, 9.17) is 14.2 Å². The number of hydrogen-bond donors (Lipinski definition) is 1. The molecule has 3 unspecified atom stereocenters. The van der Waals surface area contributed by atoms with Gasteiger partial charge in [-0.15, -0.1) is 0 Å². The van der Waals surface area contributed by atoms with E-state index >= 15 is 0 Å². The van der Waals surface area contributed by atoms with Gasteiger partial charge in [-0.1, -0.05) is 0 Å². The lowest BCUT2D eigenvalue weighted by atomic mass is 9.95. The van der Waals surface area contributed by atoms with Crippen LogP contribution in [0, 0.1) is 5.92 Å². The Morgan fingerprint density at radius 2 is 2.06 bits per heavy atom. The highest BCUT2D eigenvalue weighted by molar-refractivity contribution is 5.66. The van der Waals surface area contributed by atoms with Gasteiger partial charge in [0.1, 0.15) is 18.8 Å². The molecule has 6 nitrogen and oxygen atoms in total. The molecule has 0 saturated carbocycles. The summed E-state index contributed by atoms with van der Waals surface area (Å²) in [6, 6.07) is 0. The molecule has 17 heavy (non-hydrogen) atoms. The molecule has 3 atom stereocenters. The Balaban J connectivity index is 2.63. The average molecular weight is 244 g/mol. The van der Waals surface area contributed by atoms with Crippen LogP contribution in [0.25, 0.3) is 0 Å². The van der Waals surface area contributed by atoms with Gasteiger partial charge in [0.15, 0.2) is 0 Å². The molecular formula is C11H16O6. The summed E-state index contributed by atoms with van der Waals surface area (Å²) in [5.41, 5.74) is 0. The van der Waals surface area contributed by atoms with Gasteiger partial charge in [0.25, 0.3) is 0 Å². The fourth-order valence-corrected chi connectivity index (χ4v) is 1.58. The Morgan fingerprint density at radius 3 is 2.59 bits per heavy atom. The predicted molar refractivity (Wildman–Crippen MR) is 56.8 cm³/mol. The Bertz CT molecular complexity index is 311. The zero-order chi connectivity index (χ0) is 12.8. The highest BCUT2D eigenvalue weighted by Crippen LogP contribution is 2.22. The molecule has 1 heterocycles. The highest BCUT2D eigenvalue weighted by Gasteiger charge is 2.34. The number of esters is 2. The lowest BCUT2D eigenvalue weighted by molar-refractivity contribution is -0.157. The zero-order valence-corrected chi connectivity index (χ0v) is 9.79. The predicted octanol–water partition coefficient (Wildman–Crippen LogP) is 0.00220. The zero-order valence-electron chi connectivity index (χ0n) is 9.79. The van der Waals surface area contributed by atoms with Crippen LogP contribution < -0.4 is 0 Å². The van der Waals surface area contributed by atoms with Crippen LogP contribution in [-0.2, 0) is 23.8 Å². The van der Waals surface area contributed by atoms with Gasteiger partial charge >= 0.3 is 11.9 Å². The molecule has 1 rings (SSSR count). The molecule has 1 aliphatic rings. The Kier molecular flexibility index (Phi) is 4.96. The normalized spacial score (nSPS) is 27.1. The van der Waals surface area contributed by atoms with Crippen LogP contribution in [0.15, 0.2) is 12.3 Å². The minimum Gasteiger partial charge on any atom is -0.494 e. The first-order valence-corrected chi connectivity index (χ1v) is 5.28. The number of aliphatic hydroxyl groups is 1. The van der Waals surface area contributed by atoms with Crippen LogP contribution in [0.1, 0.15) is 13.8 Å². The number of carbonyl (C=O) groups excluding carboxylic acids is 2. The summed E-state index contributed by atoms with van der Waals surface area (Å²) < 4.78 is 15.1. The van der Waals surface area contributed by atoms with Gasteiger partial charge in [0, 0.05) is 13.8 Å². The molecule has 0 aromatic carbocycles. The van der Waals surface area contributed by atoms with E-state index in [0.717, 1.165) is 0 Å². The molecule has 1 aliphatic heterocycles. The van der Waals surface area contributed by atoms with Crippen molar-refractivity contribution in [1.29, 1.82) is 0 Å². The lowest BCUT2D eigenvalue weighted by Gasteiger charge is -2.32. The molecule has 0 aromatic rings. The third-order valence-corrected chi connectivity index (χ3v) is 2.38. The van der Waals surface area contributed by atoms with Gasteiger partial charge in [0.2, 0.25) is 0 Å². The largest absolute Gasteiger partial charge is 0.494 e. The van der Waals surface area contributed by atoms with Crippen molar-refractivity contribution < 1.29 is 28.9 Å². The van der Waals surface area contributed by atoms with Crippen molar-refractivity contribution in [3.8, 4) is 0 Å². The summed E-state index contributed by atoms with van der Waals surface area (Å²) in [6.45, 7) is 2.37. The Hall–Kier alpha value is -1.56. The summed E-state index contributed by atoms with van der Waals surface area (Å²) >= 11 is 0. The van der Waals surface area contributed by atoms with E-state index in [1.165, 1.54) is 20.1 Å². The van der Waals surface area contributed by atoms with Gasteiger partial charge in [0.05, 0.1) is 18.8 Å². The second kappa shape index (κ2) is 6.24. The standard InChI is InChI=1S/C11H16O6/c1-7(13)16-6-11-9(5-12)10(3-4-15-11)17-8(2)14/h3-4,9-12H,5-6H2,1-2H3. The molecule has 0 aliphatic carbocycles. The maximum absolute atomic E-state index is 10.9. The van der Waals surface area contributed by atoms with E-state index < -0.39 is 30.1 Å². The summed E-state index contributed by atoms with van der Waals surface area (Å²) in [7, 11) is 0. The Labute approximate surface area is 99.2 Å². The van der Waals surface area contributed by atoms with Gasteiger partial charge in [-0.2, -0.15) is 0 Å². The number of carbonyl (C=O) groups is 2. The third-order valence-electron chi connectivity index (χ3n) is 2.38. The molecule has 0 radical (unpaired) electrons. The van der Waals surface area contributed by atoms with E-state index in [9.17, 15) is 14.7 Å². The minimum atomic E-state index is -0.563. The summed E-state index contributed by atoms with van der Waals surface area (Å²) in [6.07, 6.45) is 1.85. The SMILES string of the molecule is CC(=O)OCC1OC=CC(OC(C)=O)C1CO. The van der Waals surface area contributed by atoms with Gasteiger partial charge < -0.3 is 19.3 Å². The first kappa shape index (κ1) is 13.5. The van der Waals surface area contributed by atoms with E-state index in [2.05, 4.69) is 0 Å². The lowest BCUT2D eigenvalue weighted by Crippen LogP contribution is -2.42. The fraction of sp³-hybridized carbons (Fsp3) is 0.636. The topological polar surface area (TPSA) is 82.1 Å². The molecule has 0 spiro atoms. The molecule has 96 valence electrons. The molecule has 0 fully saturated rings. The summed E-state index contributed by atoms with van der Waals surface area (Å²) in [5.74, 6) is -1.31. The van der Waals surface area contributed by atoms with Gasteiger partial charge in [-0.25, -0.2) is 0 Å². The van der Waals surface area contributed by atoms with Crippen LogP contribution in [0.3, 0.4) is 0 Å². The van der Waals surface area contributed by atoms with Crippen molar-refractivity contribution in [2.75, 3.05) is 13.2 Å². The minimum absolute atomic E-state index is 0.0165. The monoisotopic (exact) mass is 244 g/mol. The molecule has 0 aromatic heterocycles. The van der Waals surface area contributed by atoms with Crippen molar-refractivity contribution in [1.82, 2.24) is 0 Å². The van der Waals surface area contributed by atoms with Crippen molar-refractivity contribution >= 4 is 11.9 Å². The highest BCUT2D eigenvalue weighted by atomic mass is 16.6. The second-order valence-corrected chi connectivity index (χ2v) is 3.73. The smallest absolute Gasteiger partial charge is 0.303 e. The fourth-order valence-electron chi connectivity index (χ4n) is 1.58. The number of hydrogen-bond acceptors (Lipinski definition) is 6. The van der Waals surface area contributed by atoms with E-state index in [1.54, 1.807) is 6.08 Å². The van der Waals surface area contributed by atoms with Crippen LogP contribution in [0.2, 0.25) is 0 Å². The van der Waals surface area contributed by atoms with E-state index in [1.807, 2.05) is 0 Å². The Morgan fingerprint density at radius 1 is 1.35 bits per heavy atom. The van der Waals surface area contributed by atoms with Crippen molar-refractivity contribution in [2.24, 2.45) is 5.92 Å². The molecule has 0 bridgehead atoms. The molecule has 1 N–H and O–H groups in total. The maximum Gasteiger partial charge on any atom is 0.303 e. The van der Waals surface area contributed by atoms with Crippen molar-refractivity contribution in [3.05, 3.63) is 12.3 Å². The van der Waals surface area contributed by atoms with Crippen LogP contribution in [-0.4, -0.2) is 42.5 Å². The average Bonchev–Trinajstić information content (AvgIpc) is 2.25. The van der Waals surface area contributed by atoms with E-state index in [-0.39, 0.29) is 13.2 Å². The van der Waals surface area contributed by atoms with Gasteiger partial charge in [-0.05, 0) is 6.08 Å². The second-order valence-electron chi connectivity index (χ2n) is 3.73. The first-order valence-electron chi connectivity index (χ1n) is 5.28. The third kappa shape index (κ3) is 4.07. The summed E-state index contributed by atoms with van der Waals surface area (Å²) in [5, 5.41) is 9.26. The van der Waals surface area contributed by atoms with Crippen molar-refractivity contribution in [3.63, 3.8) is 0 Å². The van der Waals surface area contributed by atoms with Crippen molar-refractivity contribution in [2.45, 2.75) is 26.1 Å². The molecule has 0 amide bonds. The van der Waals surface area contributed by atoms with Crippen LogP contribution in [0.5, 0.6) is 0 Å². The first-order chi connectivity index (χ1) is 8.04. The molecular weight excluding hydrogens is 228 g/mol. The van der Waals surface area contributed by atoms with Gasteiger partial charge in [-0.3, -0.25) is 9.59 Å². The quantitative estimate of drug-likeness (QED) is 0.701. The maximum atomic E-state index is 10.9. The molecule has 6 heteroatoms. The number of ether oxygens (including phenoxy) is 3. The van der Waals surface area contributed by atoms with Crippen LogP contribution >= 0.6 is 0 Å². The van der Waals surface area contributed by atoms with Crippen LogP contribution in [0.4, 0.5) is 0 Å². The molecule has 0 saturated heterocycles.